The van der Waals surface area contributed by atoms with Gasteiger partial charge in [-0.25, -0.2) is 4.99 Å². The number of hydrogen-bond donors (Lipinski definition) is 1. The average molecular weight is 385 g/mol. The zero-order valence-corrected chi connectivity index (χ0v) is 17.6. The maximum atomic E-state index is 13.2. The van der Waals surface area contributed by atoms with Gasteiger partial charge in [-0.3, -0.25) is 9.69 Å². The molecule has 28 heavy (non-hydrogen) atoms. The number of nitrogens with zero attached hydrogens (tertiary/aromatic N) is 2. The number of guanidine groups is 1. The lowest BCUT2D eigenvalue weighted by Gasteiger charge is -2.41. The van der Waals surface area contributed by atoms with Crippen LogP contribution in [0.1, 0.15) is 53.5 Å². The fourth-order valence-corrected chi connectivity index (χ4v) is 4.12. The van der Waals surface area contributed by atoms with E-state index in [9.17, 15) is 4.79 Å². The molecule has 0 saturated carbocycles. The van der Waals surface area contributed by atoms with Crippen molar-refractivity contribution in [3.8, 4) is 5.75 Å². The second kappa shape index (κ2) is 5.51. The van der Waals surface area contributed by atoms with Crippen LogP contribution in [0.5, 0.6) is 5.75 Å². The highest BCUT2D eigenvalue weighted by Crippen LogP contribution is 2.48. The Balaban J connectivity index is 1.82. The van der Waals surface area contributed by atoms with Crippen LogP contribution in [0.15, 0.2) is 23.2 Å². The van der Waals surface area contributed by atoms with Crippen molar-refractivity contribution >= 4 is 24.4 Å². The number of aliphatic imine (C=N–C) groups is 1. The molecule has 3 aliphatic rings. The number of likely N-dealkylation sites (N-methyl/N-ethyl adjacent to an activating group) is 1. The van der Waals surface area contributed by atoms with Crippen molar-refractivity contribution in [2.24, 2.45) is 10.7 Å². The van der Waals surface area contributed by atoms with Crippen LogP contribution in [-0.4, -0.2) is 47.7 Å². The van der Waals surface area contributed by atoms with E-state index in [1.165, 1.54) is 4.90 Å². The van der Waals surface area contributed by atoms with Gasteiger partial charge in [-0.1, -0.05) is 12.1 Å². The zero-order valence-electron chi connectivity index (χ0n) is 17.6. The highest BCUT2D eigenvalue weighted by Gasteiger charge is 2.57. The number of ether oxygens (including phenoxy) is 1. The predicted molar refractivity (Wildman–Crippen MR) is 108 cm³/mol. The van der Waals surface area contributed by atoms with Crippen LogP contribution in [0.3, 0.4) is 0 Å². The van der Waals surface area contributed by atoms with Crippen molar-refractivity contribution in [3.63, 3.8) is 0 Å². The molecule has 0 aliphatic carbocycles. The van der Waals surface area contributed by atoms with Crippen LogP contribution in [0.4, 0.5) is 0 Å². The van der Waals surface area contributed by atoms with Gasteiger partial charge in [-0.15, -0.1) is 0 Å². The number of carbonyl (C=O) groups excluding carboxylic acids is 1. The van der Waals surface area contributed by atoms with Crippen LogP contribution in [0.2, 0.25) is 0 Å². The first kappa shape index (κ1) is 19.3. The molecule has 3 aliphatic heterocycles. The Kier molecular flexibility index (Phi) is 3.79. The summed E-state index contributed by atoms with van der Waals surface area (Å²) in [5, 5.41) is 0. The summed E-state index contributed by atoms with van der Waals surface area (Å²) in [6, 6.07) is 5.71. The molecule has 1 aromatic carbocycles. The van der Waals surface area contributed by atoms with Gasteiger partial charge in [0.2, 0.25) is 0 Å². The molecular weight excluding hydrogens is 357 g/mol. The molecule has 2 N–H and O–H groups in total. The largest absolute Gasteiger partial charge is 0.494 e. The van der Waals surface area contributed by atoms with Crippen LogP contribution in [0, 0.1) is 0 Å². The maximum absolute atomic E-state index is 13.2. The van der Waals surface area contributed by atoms with Crippen molar-refractivity contribution < 1.29 is 18.8 Å². The minimum absolute atomic E-state index is 0.145. The van der Waals surface area contributed by atoms with Gasteiger partial charge in [0.1, 0.15) is 11.4 Å². The molecule has 1 aromatic rings. The lowest BCUT2D eigenvalue weighted by Crippen LogP contribution is -2.50. The van der Waals surface area contributed by atoms with Crippen molar-refractivity contribution in [2.75, 3.05) is 7.05 Å². The Labute approximate surface area is 166 Å². The Morgan fingerprint density at radius 2 is 1.71 bits per heavy atom. The van der Waals surface area contributed by atoms with Gasteiger partial charge in [0, 0.05) is 19.0 Å². The Hall–Kier alpha value is -2.06. The molecule has 1 spiro atoms. The normalized spacial score (nSPS) is 29.7. The molecule has 1 unspecified atom stereocenters. The van der Waals surface area contributed by atoms with Gasteiger partial charge in [0.25, 0.3) is 5.91 Å². The predicted octanol–water partition coefficient (Wildman–Crippen LogP) is 1.53. The summed E-state index contributed by atoms with van der Waals surface area (Å²) in [6.45, 7) is 12.0. The monoisotopic (exact) mass is 385 g/mol. The number of fused-ring (bicyclic) bond motifs is 2. The number of hydrogen-bond acceptors (Lipinski definition) is 6. The number of carbonyl (C=O) groups is 1. The summed E-state index contributed by atoms with van der Waals surface area (Å²) in [5.41, 5.74) is 5.01. The molecule has 3 heterocycles. The molecule has 8 heteroatoms. The summed E-state index contributed by atoms with van der Waals surface area (Å²) in [6.07, 6.45) is 0.406. The van der Waals surface area contributed by atoms with Gasteiger partial charge >= 0.3 is 7.12 Å². The van der Waals surface area contributed by atoms with Crippen molar-refractivity contribution in [3.05, 3.63) is 23.8 Å². The molecule has 4 rings (SSSR count). The summed E-state index contributed by atoms with van der Waals surface area (Å²) in [7, 11) is 1.12. The van der Waals surface area contributed by atoms with Gasteiger partial charge < -0.3 is 19.8 Å². The maximum Gasteiger partial charge on any atom is 0.494 e. The molecular formula is C20H28BN3O4. The second-order valence-electron chi connectivity index (χ2n) is 9.58. The van der Waals surface area contributed by atoms with E-state index in [0.29, 0.717) is 17.7 Å². The van der Waals surface area contributed by atoms with Crippen LogP contribution in [0.25, 0.3) is 0 Å². The standard InChI is InChI=1S/C20H28BN3O4/c1-17(2)11-20(15(25)24(7)16(22)23-20)13-10-12(8-9-14(13)26-17)21-27-18(3,4)19(5,6)28-21/h8-10H,11H2,1-7H3,(H2,22,23). The number of benzene rings is 1. The SMILES string of the molecule is CN1C(=O)C2(CC(C)(C)Oc3ccc(B4OC(C)(C)C(C)(C)O4)cc32)N=C1N. The molecule has 0 aromatic heterocycles. The van der Waals surface area contributed by atoms with Crippen molar-refractivity contribution in [2.45, 2.75) is 70.3 Å². The lowest BCUT2D eigenvalue weighted by atomic mass is 9.72. The third kappa shape index (κ3) is 2.58. The lowest BCUT2D eigenvalue weighted by molar-refractivity contribution is -0.133. The molecule has 1 saturated heterocycles. The van der Waals surface area contributed by atoms with E-state index in [0.717, 1.165) is 5.46 Å². The summed E-state index contributed by atoms with van der Waals surface area (Å²) in [5.74, 6) is 0.708. The van der Waals surface area contributed by atoms with E-state index in [-0.39, 0.29) is 11.9 Å². The minimum atomic E-state index is -1.09. The molecule has 0 bridgehead atoms. The van der Waals surface area contributed by atoms with Crippen molar-refractivity contribution in [1.29, 1.82) is 0 Å². The minimum Gasteiger partial charge on any atom is -0.487 e. The zero-order chi connectivity index (χ0) is 20.7. The van der Waals surface area contributed by atoms with E-state index in [1.54, 1.807) is 7.05 Å². The second-order valence-corrected chi connectivity index (χ2v) is 9.58. The Morgan fingerprint density at radius 1 is 1.11 bits per heavy atom. The van der Waals surface area contributed by atoms with Crippen LogP contribution < -0.4 is 15.9 Å². The Bertz CT molecular complexity index is 879. The van der Waals surface area contributed by atoms with Gasteiger partial charge in [-0.05, 0) is 53.1 Å². The number of amides is 1. The molecule has 150 valence electrons. The smallest absolute Gasteiger partial charge is 0.487 e. The number of nitrogens with two attached hydrogens (primary N) is 1. The highest BCUT2D eigenvalue weighted by molar-refractivity contribution is 6.62. The van der Waals surface area contributed by atoms with E-state index in [1.807, 2.05) is 59.7 Å². The van der Waals surface area contributed by atoms with Gasteiger partial charge in [0.15, 0.2) is 11.5 Å². The van der Waals surface area contributed by atoms with Crippen LogP contribution in [-0.2, 0) is 19.6 Å². The average Bonchev–Trinajstić information content (AvgIpc) is 2.91. The summed E-state index contributed by atoms with van der Waals surface area (Å²) < 4.78 is 18.5. The highest BCUT2D eigenvalue weighted by atomic mass is 16.7. The fourth-order valence-electron chi connectivity index (χ4n) is 4.12. The van der Waals surface area contributed by atoms with E-state index >= 15 is 0 Å². The quantitative estimate of drug-likeness (QED) is 0.741. The van der Waals surface area contributed by atoms with Crippen LogP contribution >= 0.6 is 0 Å². The fraction of sp³-hybridized carbons (Fsp3) is 0.600. The molecule has 0 radical (unpaired) electrons. The van der Waals surface area contributed by atoms with E-state index in [2.05, 4.69) is 4.99 Å². The topological polar surface area (TPSA) is 86.4 Å². The third-order valence-electron chi connectivity index (χ3n) is 6.35. The van der Waals surface area contributed by atoms with Gasteiger partial charge in [-0.2, -0.15) is 0 Å². The molecule has 1 fully saturated rings. The third-order valence-corrected chi connectivity index (χ3v) is 6.35. The molecule has 1 atom stereocenters. The van der Waals surface area contributed by atoms with Gasteiger partial charge in [0.05, 0.1) is 11.2 Å². The first-order chi connectivity index (χ1) is 12.8. The van der Waals surface area contributed by atoms with E-state index in [4.69, 9.17) is 19.8 Å². The van der Waals surface area contributed by atoms with Crippen molar-refractivity contribution in [1.82, 2.24) is 4.90 Å². The first-order valence-corrected chi connectivity index (χ1v) is 9.61. The van der Waals surface area contributed by atoms with E-state index < -0.39 is 29.5 Å². The summed E-state index contributed by atoms with van der Waals surface area (Å²) in [4.78, 5) is 19.2. The molecule has 1 amide bonds. The number of rotatable bonds is 1. The Morgan fingerprint density at radius 3 is 2.25 bits per heavy atom. The first-order valence-electron chi connectivity index (χ1n) is 9.61. The summed E-state index contributed by atoms with van der Waals surface area (Å²) >= 11 is 0. The molecule has 7 nitrogen and oxygen atoms in total.